The van der Waals surface area contributed by atoms with Crippen LogP contribution in [-0.4, -0.2) is 24.2 Å². The molecule has 3 fully saturated rings. The van der Waals surface area contributed by atoms with Crippen LogP contribution in [0.5, 0.6) is 0 Å². The van der Waals surface area contributed by atoms with Crippen LogP contribution in [0.1, 0.15) is 30.1 Å². The topological polar surface area (TPSA) is 28.6 Å². The average Bonchev–Trinajstić information content (AvgIpc) is 2.79. The summed E-state index contributed by atoms with van der Waals surface area (Å²) >= 11 is 0. The SMILES string of the molecule is C=C[C@@H]1C[NH+]2CC[C@@H]1C[C@@H]2[C@H](O)c1cc[n+](Cc2ccccc2)c2ccccc12. The third kappa shape index (κ3) is 3.39. The number of fused-ring (bicyclic) bond motifs is 4. The highest BCUT2D eigenvalue weighted by Crippen LogP contribution is 2.33. The van der Waals surface area contributed by atoms with E-state index in [0.29, 0.717) is 17.9 Å². The van der Waals surface area contributed by atoms with E-state index in [-0.39, 0.29) is 0 Å². The van der Waals surface area contributed by atoms with Crippen molar-refractivity contribution in [1.82, 2.24) is 0 Å². The second kappa shape index (κ2) is 7.74. The molecule has 148 valence electrons. The van der Waals surface area contributed by atoms with Crippen LogP contribution < -0.4 is 9.47 Å². The number of para-hydroxylation sites is 1. The fraction of sp³-hybridized carbons (Fsp3) is 0.346. The first kappa shape index (κ1) is 18.5. The molecule has 5 atom stereocenters. The van der Waals surface area contributed by atoms with Crippen molar-refractivity contribution in [3.05, 3.63) is 90.6 Å². The number of piperidine rings is 3. The molecule has 3 aliphatic rings. The summed E-state index contributed by atoms with van der Waals surface area (Å²) in [4.78, 5) is 1.55. The van der Waals surface area contributed by atoms with Gasteiger partial charge in [-0.05, 0) is 12.0 Å². The molecule has 2 N–H and O–H groups in total. The summed E-state index contributed by atoms with van der Waals surface area (Å²) < 4.78 is 2.29. The van der Waals surface area contributed by atoms with Crippen LogP contribution in [0, 0.1) is 11.8 Å². The van der Waals surface area contributed by atoms with Crippen LogP contribution in [0.25, 0.3) is 10.9 Å². The van der Waals surface area contributed by atoms with Gasteiger partial charge in [0.1, 0.15) is 12.1 Å². The Morgan fingerprint density at radius 3 is 2.66 bits per heavy atom. The number of hydrogen-bond acceptors (Lipinski definition) is 1. The van der Waals surface area contributed by atoms with E-state index < -0.39 is 6.10 Å². The Balaban J connectivity index is 1.48. The Morgan fingerprint density at radius 1 is 1.10 bits per heavy atom. The molecule has 3 aliphatic heterocycles. The quantitative estimate of drug-likeness (QED) is 0.512. The smallest absolute Gasteiger partial charge is 0.213 e. The molecule has 4 heterocycles. The molecule has 0 spiro atoms. The van der Waals surface area contributed by atoms with Gasteiger partial charge in [-0.1, -0.05) is 48.5 Å². The van der Waals surface area contributed by atoms with E-state index >= 15 is 0 Å². The lowest BCUT2D eigenvalue weighted by Crippen LogP contribution is -3.20. The Bertz CT molecular complexity index is 1020. The summed E-state index contributed by atoms with van der Waals surface area (Å²) in [5.74, 6) is 1.30. The van der Waals surface area contributed by atoms with E-state index in [4.69, 9.17) is 0 Å². The van der Waals surface area contributed by atoms with Crippen LogP contribution in [0.3, 0.4) is 0 Å². The standard InChI is InChI=1S/C26H29N2O/c1-2-20-18-28-14-12-21(20)16-25(28)26(29)23-13-15-27(17-19-8-4-3-5-9-19)24-11-7-6-10-22(23)24/h2-11,13,15,20-21,25-26,29H,1,12,14,16-18H2/q+1/p+1/t20-,21-,25-,26-/m1/s1. The van der Waals surface area contributed by atoms with Crippen molar-refractivity contribution in [2.75, 3.05) is 13.1 Å². The van der Waals surface area contributed by atoms with E-state index in [9.17, 15) is 5.11 Å². The fourth-order valence-electron chi connectivity index (χ4n) is 5.61. The molecule has 3 nitrogen and oxygen atoms in total. The number of quaternary nitrogens is 1. The summed E-state index contributed by atoms with van der Waals surface area (Å²) in [5, 5.41) is 12.6. The van der Waals surface area contributed by atoms with Crippen LogP contribution in [-0.2, 0) is 6.54 Å². The second-order valence-electron chi connectivity index (χ2n) is 8.75. The van der Waals surface area contributed by atoms with Gasteiger partial charge in [0, 0.05) is 42.0 Å². The number of pyridine rings is 1. The minimum atomic E-state index is -0.421. The van der Waals surface area contributed by atoms with Crippen molar-refractivity contribution in [2.24, 2.45) is 11.8 Å². The van der Waals surface area contributed by atoms with Gasteiger partial charge in [-0.15, -0.1) is 6.58 Å². The van der Waals surface area contributed by atoms with Gasteiger partial charge in [-0.3, -0.25) is 0 Å². The molecule has 29 heavy (non-hydrogen) atoms. The Morgan fingerprint density at radius 2 is 1.90 bits per heavy atom. The maximum absolute atomic E-state index is 11.4. The highest BCUT2D eigenvalue weighted by atomic mass is 16.3. The lowest BCUT2D eigenvalue weighted by Gasteiger charge is -2.47. The maximum atomic E-state index is 11.4. The molecule has 1 aromatic heterocycles. The van der Waals surface area contributed by atoms with E-state index in [1.165, 1.54) is 29.4 Å². The molecule has 3 saturated heterocycles. The number of aliphatic hydroxyl groups is 1. The molecule has 3 aromatic rings. The third-order valence-corrected chi connectivity index (χ3v) is 7.18. The van der Waals surface area contributed by atoms with Gasteiger partial charge < -0.3 is 10.0 Å². The minimum absolute atomic E-state index is 0.290. The molecule has 2 aromatic carbocycles. The molecule has 0 saturated carbocycles. The van der Waals surface area contributed by atoms with Gasteiger partial charge in [0.2, 0.25) is 5.52 Å². The first-order chi connectivity index (χ1) is 14.2. The molecule has 6 rings (SSSR count). The lowest BCUT2D eigenvalue weighted by atomic mass is 9.73. The number of nitrogens with zero attached hydrogens (tertiary/aromatic N) is 1. The number of hydrogen-bond donors (Lipinski definition) is 2. The Hall–Kier alpha value is -2.49. The maximum Gasteiger partial charge on any atom is 0.213 e. The van der Waals surface area contributed by atoms with Crippen molar-refractivity contribution < 1.29 is 14.6 Å². The predicted octanol–water partition coefficient (Wildman–Crippen LogP) is 2.69. The zero-order valence-electron chi connectivity index (χ0n) is 16.9. The molecule has 2 bridgehead atoms. The normalized spacial score (nSPS) is 27.1. The zero-order chi connectivity index (χ0) is 19.8. The zero-order valence-corrected chi connectivity index (χ0v) is 16.9. The lowest BCUT2D eigenvalue weighted by molar-refractivity contribution is -0.949. The summed E-state index contributed by atoms with van der Waals surface area (Å²) in [6, 6.07) is 21.5. The van der Waals surface area contributed by atoms with E-state index in [0.717, 1.165) is 25.1 Å². The Labute approximate surface area is 172 Å². The van der Waals surface area contributed by atoms with Gasteiger partial charge in [0.05, 0.1) is 18.5 Å². The first-order valence-corrected chi connectivity index (χ1v) is 10.8. The number of aliphatic hydroxyl groups excluding tert-OH is 1. The number of nitrogens with one attached hydrogen (secondary N) is 1. The molecular weight excluding hydrogens is 356 g/mol. The van der Waals surface area contributed by atoms with Crippen molar-refractivity contribution >= 4 is 10.9 Å². The van der Waals surface area contributed by atoms with Gasteiger partial charge in [-0.25, -0.2) is 0 Å². The van der Waals surface area contributed by atoms with Crippen molar-refractivity contribution in [1.29, 1.82) is 0 Å². The van der Waals surface area contributed by atoms with E-state index in [1.807, 2.05) is 0 Å². The molecule has 0 radical (unpaired) electrons. The van der Waals surface area contributed by atoms with Crippen molar-refractivity contribution in [3.63, 3.8) is 0 Å². The molecular formula is C26H30N2O+2. The number of aromatic nitrogens is 1. The van der Waals surface area contributed by atoms with Gasteiger partial charge in [-0.2, -0.15) is 4.57 Å². The van der Waals surface area contributed by atoms with Gasteiger partial charge >= 0.3 is 0 Å². The molecule has 3 heteroatoms. The van der Waals surface area contributed by atoms with E-state index in [1.54, 1.807) is 4.90 Å². The summed E-state index contributed by atoms with van der Waals surface area (Å²) in [6.07, 6.45) is 6.22. The monoisotopic (exact) mass is 386 g/mol. The highest BCUT2D eigenvalue weighted by molar-refractivity contribution is 5.79. The number of benzene rings is 2. The average molecular weight is 387 g/mol. The van der Waals surface area contributed by atoms with Crippen molar-refractivity contribution in [3.8, 4) is 0 Å². The van der Waals surface area contributed by atoms with E-state index in [2.05, 4.69) is 84.1 Å². The fourth-order valence-corrected chi connectivity index (χ4v) is 5.61. The van der Waals surface area contributed by atoms with Crippen LogP contribution >= 0.6 is 0 Å². The van der Waals surface area contributed by atoms with Crippen molar-refractivity contribution in [2.45, 2.75) is 31.5 Å². The Kier molecular flexibility index (Phi) is 4.94. The summed E-state index contributed by atoms with van der Waals surface area (Å²) in [5.41, 5.74) is 3.54. The van der Waals surface area contributed by atoms with Crippen LogP contribution in [0.4, 0.5) is 0 Å². The third-order valence-electron chi connectivity index (χ3n) is 7.18. The largest absolute Gasteiger partial charge is 0.382 e. The van der Waals surface area contributed by atoms with Crippen LogP contribution in [0.15, 0.2) is 79.5 Å². The second-order valence-corrected chi connectivity index (χ2v) is 8.75. The van der Waals surface area contributed by atoms with Crippen LogP contribution in [0.2, 0.25) is 0 Å². The number of rotatable bonds is 5. The first-order valence-electron chi connectivity index (χ1n) is 10.8. The highest BCUT2D eigenvalue weighted by Gasteiger charge is 2.46. The molecule has 1 unspecified atom stereocenters. The van der Waals surface area contributed by atoms with Gasteiger partial charge in [0.25, 0.3) is 0 Å². The molecule has 0 amide bonds. The summed E-state index contributed by atoms with van der Waals surface area (Å²) in [7, 11) is 0. The predicted molar refractivity (Wildman–Crippen MR) is 116 cm³/mol. The minimum Gasteiger partial charge on any atom is -0.382 e. The van der Waals surface area contributed by atoms with Gasteiger partial charge in [0.15, 0.2) is 12.7 Å². The summed E-state index contributed by atoms with van der Waals surface area (Å²) in [6.45, 7) is 7.17. The molecule has 0 aliphatic carbocycles.